The minimum Gasteiger partial charge on any atom is -0.489 e. The molecule has 0 heterocycles. The van der Waals surface area contributed by atoms with Crippen molar-refractivity contribution in [1.29, 1.82) is 0 Å². The van der Waals surface area contributed by atoms with Crippen LogP contribution in [0.5, 0.6) is 11.5 Å². The Bertz CT molecular complexity index is 1290. The molecule has 0 saturated heterocycles. The van der Waals surface area contributed by atoms with E-state index in [1.54, 1.807) is 31.2 Å². The minimum atomic E-state index is -0.545. The Labute approximate surface area is 210 Å². The van der Waals surface area contributed by atoms with Gasteiger partial charge in [-0.15, -0.1) is 0 Å². The lowest BCUT2D eigenvalue weighted by atomic mass is 10.0. The zero-order valence-electron chi connectivity index (χ0n) is 19.9. The molecule has 0 aromatic heterocycles. The van der Waals surface area contributed by atoms with Crippen molar-refractivity contribution in [2.75, 3.05) is 0 Å². The molecule has 0 fully saturated rings. The second-order valence-electron chi connectivity index (χ2n) is 8.22. The summed E-state index contributed by atoms with van der Waals surface area (Å²) in [5.74, 6) is -0.322. The summed E-state index contributed by atoms with van der Waals surface area (Å²) in [4.78, 5) is 29.8. The van der Waals surface area contributed by atoms with Gasteiger partial charge in [0.25, 0.3) is 5.91 Å². The predicted octanol–water partition coefficient (Wildman–Crippen LogP) is 5.84. The zero-order chi connectivity index (χ0) is 25.2. The Morgan fingerprint density at radius 1 is 0.694 bits per heavy atom. The van der Waals surface area contributed by atoms with E-state index in [4.69, 9.17) is 14.3 Å². The largest absolute Gasteiger partial charge is 0.489 e. The number of amides is 1. The van der Waals surface area contributed by atoms with Crippen molar-refractivity contribution < 1.29 is 23.9 Å². The fraction of sp³-hybridized carbons (Fsp3) is 0.133. The van der Waals surface area contributed by atoms with Gasteiger partial charge in [0, 0.05) is 5.56 Å². The lowest BCUT2D eigenvalue weighted by Crippen LogP contribution is -2.29. The highest BCUT2D eigenvalue weighted by Crippen LogP contribution is 2.19. The molecule has 0 bridgehead atoms. The molecule has 36 heavy (non-hydrogen) atoms. The average Bonchev–Trinajstić information content (AvgIpc) is 2.94. The molecule has 4 aromatic carbocycles. The van der Waals surface area contributed by atoms with Gasteiger partial charge >= 0.3 is 5.97 Å². The molecule has 1 amide bonds. The van der Waals surface area contributed by atoms with Gasteiger partial charge in [0.15, 0.2) is 0 Å². The van der Waals surface area contributed by atoms with Gasteiger partial charge in [-0.2, -0.15) is 5.48 Å². The van der Waals surface area contributed by atoms with Crippen LogP contribution in [-0.2, 0) is 22.8 Å². The van der Waals surface area contributed by atoms with E-state index in [0.29, 0.717) is 24.5 Å². The van der Waals surface area contributed by atoms with Crippen molar-refractivity contribution in [3.8, 4) is 11.5 Å². The average molecular weight is 482 g/mol. The van der Waals surface area contributed by atoms with Crippen molar-refractivity contribution in [2.45, 2.75) is 26.1 Å². The van der Waals surface area contributed by atoms with E-state index >= 15 is 0 Å². The summed E-state index contributed by atoms with van der Waals surface area (Å²) in [7, 11) is 0. The van der Waals surface area contributed by atoms with E-state index in [-0.39, 0.29) is 0 Å². The van der Waals surface area contributed by atoms with Gasteiger partial charge in [-0.1, -0.05) is 78.9 Å². The van der Waals surface area contributed by atoms with Crippen LogP contribution in [0.2, 0.25) is 0 Å². The summed E-state index contributed by atoms with van der Waals surface area (Å²) in [5, 5.41) is 0. The summed E-state index contributed by atoms with van der Waals surface area (Å²) in [6.45, 7) is 2.51. The molecule has 4 aromatic rings. The van der Waals surface area contributed by atoms with E-state index in [1.165, 1.54) is 0 Å². The number of nitrogens with one attached hydrogen (secondary N) is 1. The van der Waals surface area contributed by atoms with Crippen LogP contribution < -0.4 is 15.0 Å². The van der Waals surface area contributed by atoms with Crippen LogP contribution in [0.4, 0.5) is 0 Å². The molecule has 0 spiro atoms. The van der Waals surface area contributed by atoms with Crippen LogP contribution in [-0.4, -0.2) is 11.9 Å². The number of carbonyl (C=O) groups excluding carboxylic acids is 2. The third-order valence-corrected chi connectivity index (χ3v) is 5.55. The quantitative estimate of drug-likeness (QED) is 0.304. The molecule has 182 valence electrons. The Hall–Kier alpha value is -4.58. The predicted molar refractivity (Wildman–Crippen MR) is 136 cm³/mol. The van der Waals surface area contributed by atoms with Crippen LogP contribution in [0.25, 0.3) is 0 Å². The Morgan fingerprint density at radius 2 is 1.28 bits per heavy atom. The maximum atomic E-state index is 12.5. The van der Waals surface area contributed by atoms with Crippen LogP contribution in [0.3, 0.4) is 0 Å². The molecule has 0 unspecified atom stereocenters. The highest BCUT2D eigenvalue weighted by molar-refractivity contribution is 5.94. The maximum absolute atomic E-state index is 12.5. The molecule has 0 saturated carbocycles. The van der Waals surface area contributed by atoms with E-state index in [2.05, 4.69) is 5.48 Å². The van der Waals surface area contributed by atoms with E-state index < -0.39 is 17.8 Å². The first-order chi connectivity index (χ1) is 17.6. The van der Waals surface area contributed by atoms with E-state index in [1.807, 2.05) is 84.9 Å². The zero-order valence-corrected chi connectivity index (χ0v) is 19.9. The van der Waals surface area contributed by atoms with Crippen molar-refractivity contribution in [3.63, 3.8) is 0 Å². The lowest BCUT2D eigenvalue weighted by Gasteiger charge is -2.12. The third kappa shape index (κ3) is 6.96. The van der Waals surface area contributed by atoms with Crippen molar-refractivity contribution in [2.24, 2.45) is 0 Å². The van der Waals surface area contributed by atoms with Gasteiger partial charge in [0.1, 0.15) is 24.7 Å². The van der Waals surface area contributed by atoms with E-state index in [9.17, 15) is 9.59 Å². The second-order valence-corrected chi connectivity index (χ2v) is 8.22. The molecule has 0 aliphatic carbocycles. The summed E-state index contributed by atoms with van der Waals surface area (Å²) < 4.78 is 11.8. The Morgan fingerprint density at radius 3 is 2.00 bits per heavy atom. The second kappa shape index (κ2) is 12.2. The number of hydrogen-bond acceptors (Lipinski definition) is 5. The van der Waals surface area contributed by atoms with Crippen molar-refractivity contribution in [3.05, 3.63) is 131 Å². The molecule has 6 nitrogen and oxygen atoms in total. The van der Waals surface area contributed by atoms with Gasteiger partial charge in [-0.25, -0.2) is 4.79 Å². The van der Waals surface area contributed by atoms with Gasteiger partial charge in [0.05, 0.1) is 5.92 Å². The summed E-state index contributed by atoms with van der Waals surface area (Å²) >= 11 is 0. The molecule has 4 rings (SSSR count). The smallest absolute Gasteiger partial charge is 0.339 e. The van der Waals surface area contributed by atoms with Crippen molar-refractivity contribution >= 4 is 11.9 Å². The number of benzene rings is 4. The van der Waals surface area contributed by atoms with Gasteiger partial charge in [-0.3, -0.25) is 4.79 Å². The van der Waals surface area contributed by atoms with Crippen LogP contribution in [0.1, 0.15) is 39.9 Å². The molecule has 0 aliphatic rings. The topological polar surface area (TPSA) is 73.9 Å². The number of hydroxylamine groups is 1. The molecule has 1 N–H and O–H groups in total. The number of hydrogen-bond donors (Lipinski definition) is 1. The third-order valence-electron chi connectivity index (χ3n) is 5.55. The summed E-state index contributed by atoms with van der Waals surface area (Å²) in [6, 6.07) is 33.5. The van der Waals surface area contributed by atoms with E-state index in [0.717, 1.165) is 22.4 Å². The van der Waals surface area contributed by atoms with Crippen LogP contribution in [0, 0.1) is 0 Å². The number of rotatable bonds is 9. The minimum absolute atomic E-state index is 0.303. The molecule has 0 radical (unpaired) electrons. The molecular weight excluding hydrogens is 454 g/mol. The number of carbonyl (C=O) groups is 2. The first kappa shape index (κ1) is 24.5. The highest BCUT2D eigenvalue weighted by Gasteiger charge is 2.18. The SMILES string of the molecule is C[C@H](C(=O)ONC(=O)c1cccc(OCc2cccc(OCc3ccccc3)c2)c1)c1ccccc1. The highest BCUT2D eigenvalue weighted by atomic mass is 16.7. The Balaban J connectivity index is 1.29. The molecule has 0 aliphatic heterocycles. The van der Waals surface area contributed by atoms with Crippen molar-refractivity contribution in [1.82, 2.24) is 5.48 Å². The van der Waals surface area contributed by atoms with Crippen LogP contribution >= 0.6 is 0 Å². The monoisotopic (exact) mass is 481 g/mol. The Kier molecular flexibility index (Phi) is 8.33. The maximum Gasteiger partial charge on any atom is 0.339 e. The first-order valence-corrected chi connectivity index (χ1v) is 11.6. The lowest BCUT2D eigenvalue weighted by molar-refractivity contribution is -0.150. The molecular formula is C30H27NO5. The van der Waals surface area contributed by atoms with Gasteiger partial charge in [0.2, 0.25) is 0 Å². The number of ether oxygens (including phenoxy) is 2. The fourth-order valence-corrected chi connectivity index (χ4v) is 3.48. The summed E-state index contributed by atoms with van der Waals surface area (Å²) in [5.41, 5.74) is 5.37. The summed E-state index contributed by atoms with van der Waals surface area (Å²) in [6.07, 6.45) is 0. The van der Waals surface area contributed by atoms with Gasteiger partial charge < -0.3 is 14.3 Å². The fourth-order valence-electron chi connectivity index (χ4n) is 3.48. The first-order valence-electron chi connectivity index (χ1n) is 11.6. The van der Waals surface area contributed by atoms with Crippen LogP contribution in [0.15, 0.2) is 109 Å². The molecule has 6 heteroatoms. The standard InChI is InChI=1S/C30H27NO5/c1-22(25-13-6-3-7-14-25)30(33)36-31-29(32)26-15-9-17-28(19-26)35-21-24-12-8-16-27(18-24)34-20-23-10-4-2-5-11-23/h2-19,22H,20-21H2,1H3,(H,31,32)/t22-/m0/s1. The normalized spacial score (nSPS) is 11.2. The van der Waals surface area contributed by atoms with Gasteiger partial charge in [-0.05, 0) is 53.9 Å². The molecule has 1 atom stereocenters.